The number of hydrogen-bond acceptors (Lipinski definition) is 6. The van der Waals surface area contributed by atoms with Crippen LogP contribution in [0.3, 0.4) is 0 Å². The Bertz CT molecular complexity index is 1490. The quantitative estimate of drug-likeness (QED) is 0.297. The van der Waals surface area contributed by atoms with Crippen molar-refractivity contribution >= 4 is 11.9 Å². The van der Waals surface area contributed by atoms with E-state index in [1.165, 1.54) is 0 Å². The number of fused-ring (bicyclic) bond motifs is 11. The van der Waals surface area contributed by atoms with E-state index in [2.05, 4.69) is 28.2 Å². The van der Waals surface area contributed by atoms with Gasteiger partial charge in [-0.25, -0.2) is 0 Å². The molecule has 2 aromatic rings. The molecule has 6 fully saturated rings. The van der Waals surface area contributed by atoms with Crippen molar-refractivity contribution in [3.05, 3.63) is 71.3 Å². The molecule has 232 valence electrons. The first-order chi connectivity index (χ1) is 21.1. The maximum absolute atomic E-state index is 14.6. The molecule has 1 aliphatic carbocycles. The smallest absolute Gasteiger partial charge is 0.321 e. The zero-order chi connectivity index (χ0) is 30.2. The maximum atomic E-state index is 14.6. The molecular formula is C36H44N2O6+2. The Hall–Kier alpha value is -2.78. The minimum atomic E-state index is -0.973. The van der Waals surface area contributed by atoms with E-state index in [-0.39, 0.29) is 24.1 Å². The Morgan fingerprint density at radius 2 is 1.20 bits per heavy atom. The van der Waals surface area contributed by atoms with Crippen molar-refractivity contribution in [2.75, 3.05) is 28.2 Å². The van der Waals surface area contributed by atoms with Crippen molar-refractivity contribution in [1.82, 2.24) is 0 Å². The SMILES string of the molecule is C[N+]1(C)[C@@H]2CC(OC(=O)[C@]3(c4ccccc4)CC[C@@H](C(=O)OC4C[C@H]5[C@@H]6O[C@H]6[C@H](C4)[N+]5(C)C)c4ccccc43)C[C@H]1[C@@H]1O[C@@H]12. The van der Waals surface area contributed by atoms with Crippen LogP contribution in [0.2, 0.25) is 0 Å². The van der Waals surface area contributed by atoms with E-state index in [1.54, 1.807) is 0 Å². The largest absolute Gasteiger partial charge is 0.461 e. The van der Waals surface area contributed by atoms with Crippen LogP contribution in [0.5, 0.6) is 0 Å². The van der Waals surface area contributed by atoms with E-state index < -0.39 is 11.3 Å². The minimum Gasteiger partial charge on any atom is -0.461 e. The van der Waals surface area contributed by atoms with Gasteiger partial charge in [0.05, 0.1) is 34.1 Å². The second-order valence-corrected chi connectivity index (χ2v) is 15.6. The van der Waals surface area contributed by atoms with Gasteiger partial charge in [0.2, 0.25) is 0 Å². The number of quaternary nitrogens is 2. The Kier molecular flexibility index (Phi) is 5.72. The molecule has 6 saturated heterocycles. The number of rotatable bonds is 5. The summed E-state index contributed by atoms with van der Waals surface area (Å²) in [5.41, 5.74) is 1.72. The number of carbonyl (C=O) groups is 2. The zero-order valence-electron chi connectivity index (χ0n) is 26.1. The number of ether oxygens (including phenoxy) is 4. The fourth-order valence-corrected chi connectivity index (χ4v) is 10.5. The van der Waals surface area contributed by atoms with Crippen LogP contribution in [0, 0.1) is 0 Å². The summed E-state index contributed by atoms with van der Waals surface area (Å²) in [6.07, 6.45) is 5.38. The Balaban J connectivity index is 0.998. The lowest BCUT2D eigenvalue weighted by Gasteiger charge is -2.46. The van der Waals surface area contributed by atoms with Gasteiger partial charge in [0.15, 0.2) is 0 Å². The summed E-state index contributed by atoms with van der Waals surface area (Å²) in [6.45, 7) is 0. The molecule has 8 nitrogen and oxygen atoms in total. The van der Waals surface area contributed by atoms with Crippen LogP contribution in [-0.4, -0.2) is 110 Å². The first-order valence-corrected chi connectivity index (χ1v) is 16.6. The number of benzene rings is 2. The number of hydrogen-bond donors (Lipinski definition) is 0. The van der Waals surface area contributed by atoms with E-state index in [0.717, 1.165) is 51.3 Å². The third kappa shape index (κ3) is 3.71. The Morgan fingerprint density at radius 3 is 1.77 bits per heavy atom. The molecule has 0 radical (unpaired) electrons. The van der Waals surface area contributed by atoms with E-state index in [9.17, 15) is 9.59 Å². The van der Waals surface area contributed by atoms with Gasteiger partial charge in [-0.1, -0.05) is 54.6 Å². The van der Waals surface area contributed by atoms with Crippen LogP contribution in [0.15, 0.2) is 54.6 Å². The topological polar surface area (TPSA) is 77.7 Å². The predicted octanol–water partition coefficient (Wildman–Crippen LogP) is 3.45. The molecule has 9 rings (SSSR count). The number of nitrogens with zero attached hydrogens (tertiary/aromatic N) is 2. The average Bonchev–Trinajstić information content (AvgIpc) is 3.91. The Morgan fingerprint density at radius 1 is 0.705 bits per heavy atom. The van der Waals surface area contributed by atoms with Crippen molar-refractivity contribution < 1.29 is 37.5 Å². The van der Waals surface area contributed by atoms with Crippen LogP contribution in [0.1, 0.15) is 61.1 Å². The summed E-state index contributed by atoms with van der Waals surface area (Å²) in [5, 5.41) is 0. The summed E-state index contributed by atoms with van der Waals surface area (Å²) in [4.78, 5) is 28.6. The molecule has 1 unspecified atom stereocenters. The average molecular weight is 601 g/mol. The van der Waals surface area contributed by atoms with Crippen molar-refractivity contribution in [3.63, 3.8) is 0 Å². The van der Waals surface area contributed by atoms with Crippen LogP contribution < -0.4 is 0 Å². The minimum absolute atomic E-state index is 0.0856. The van der Waals surface area contributed by atoms with Crippen LogP contribution in [0.4, 0.5) is 0 Å². The van der Waals surface area contributed by atoms with Gasteiger partial charge < -0.3 is 27.9 Å². The molecule has 8 heteroatoms. The monoisotopic (exact) mass is 600 g/mol. The normalized spacial score (nSPS) is 44.5. The standard InChI is InChI=1S/C36H44N2O6/c1-37(2)26-16-21(17-27(37)31-30(26)43-31)41-34(39)24-14-15-36(20-10-6-5-7-11-20,25-13-9-8-12-23(24)25)35(40)42-22-18-28-32-33(44-32)29(19-22)38(28,3)4/h5-13,21-22,24,26-33H,14-19H2,1-4H3/q+2/t22?,24-,26+,27+,28-,29+,30+,31+,32-,33+,36+/m1/s1. The molecule has 4 bridgehead atoms. The van der Waals surface area contributed by atoms with Gasteiger partial charge in [0.25, 0.3) is 0 Å². The van der Waals surface area contributed by atoms with E-state index in [1.807, 2.05) is 54.6 Å². The number of piperidine rings is 2. The summed E-state index contributed by atoms with van der Waals surface area (Å²) in [6, 6.07) is 19.5. The van der Waals surface area contributed by atoms with E-state index in [0.29, 0.717) is 61.4 Å². The lowest BCUT2D eigenvalue weighted by molar-refractivity contribution is -0.938. The first kappa shape index (κ1) is 27.5. The summed E-state index contributed by atoms with van der Waals surface area (Å²) < 4.78 is 26.7. The molecule has 6 heterocycles. The van der Waals surface area contributed by atoms with Gasteiger partial charge in [-0.15, -0.1) is 0 Å². The van der Waals surface area contributed by atoms with Crippen LogP contribution >= 0.6 is 0 Å². The number of esters is 2. The third-order valence-corrected chi connectivity index (χ3v) is 13.1. The molecule has 7 aliphatic rings. The first-order valence-electron chi connectivity index (χ1n) is 16.6. The van der Waals surface area contributed by atoms with Crippen molar-refractivity contribution in [2.24, 2.45) is 0 Å². The zero-order valence-corrected chi connectivity index (χ0v) is 26.1. The number of morpholine rings is 2. The van der Waals surface area contributed by atoms with Gasteiger partial charge in [-0.2, -0.15) is 0 Å². The van der Waals surface area contributed by atoms with Gasteiger partial charge in [-0.3, -0.25) is 9.59 Å². The maximum Gasteiger partial charge on any atom is 0.321 e. The second kappa shape index (κ2) is 9.15. The summed E-state index contributed by atoms with van der Waals surface area (Å²) >= 11 is 0. The third-order valence-electron chi connectivity index (χ3n) is 13.1. The van der Waals surface area contributed by atoms with Gasteiger partial charge in [0, 0.05) is 25.7 Å². The molecule has 0 aromatic heterocycles. The molecule has 0 amide bonds. The van der Waals surface area contributed by atoms with E-state index >= 15 is 0 Å². The molecule has 11 atom stereocenters. The van der Waals surface area contributed by atoms with Crippen molar-refractivity contribution in [2.45, 2.75) is 111 Å². The fraction of sp³-hybridized carbons (Fsp3) is 0.611. The highest BCUT2D eigenvalue weighted by molar-refractivity contribution is 5.91. The van der Waals surface area contributed by atoms with Crippen molar-refractivity contribution in [1.29, 1.82) is 0 Å². The molecule has 0 N–H and O–H groups in total. The lowest BCUT2D eigenvalue weighted by Crippen LogP contribution is -2.60. The fourth-order valence-electron chi connectivity index (χ4n) is 10.5. The molecule has 0 saturated carbocycles. The van der Waals surface area contributed by atoms with E-state index in [4.69, 9.17) is 18.9 Å². The number of epoxide rings is 2. The van der Waals surface area contributed by atoms with Gasteiger partial charge in [-0.05, 0) is 29.5 Å². The highest BCUT2D eigenvalue weighted by Crippen LogP contribution is 2.54. The molecule has 0 spiro atoms. The van der Waals surface area contributed by atoms with Gasteiger partial charge in [0.1, 0.15) is 66.2 Å². The molecule has 2 aromatic carbocycles. The molecule has 6 aliphatic heterocycles. The molecule has 44 heavy (non-hydrogen) atoms. The van der Waals surface area contributed by atoms with Crippen molar-refractivity contribution in [3.8, 4) is 0 Å². The van der Waals surface area contributed by atoms with Gasteiger partial charge >= 0.3 is 11.9 Å². The summed E-state index contributed by atoms with van der Waals surface area (Å²) in [7, 11) is 9.16. The van der Waals surface area contributed by atoms with Crippen LogP contribution in [-0.2, 0) is 34.0 Å². The molecular weight excluding hydrogens is 556 g/mol. The summed E-state index contributed by atoms with van der Waals surface area (Å²) in [5.74, 6) is -0.768. The van der Waals surface area contributed by atoms with Crippen LogP contribution in [0.25, 0.3) is 0 Å². The number of carbonyl (C=O) groups excluding carboxylic acids is 2. The lowest BCUT2D eigenvalue weighted by atomic mass is 9.63. The second-order valence-electron chi connectivity index (χ2n) is 15.6. The predicted molar refractivity (Wildman–Crippen MR) is 161 cm³/mol. The number of likely N-dealkylation sites (N-methyl/N-ethyl adjacent to an activating group) is 2. The highest BCUT2D eigenvalue weighted by atomic mass is 16.6. The Labute approximate surface area is 259 Å². The highest BCUT2D eigenvalue weighted by Gasteiger charge is 2.72.